The van der Waals surface area contributed by atoms with Gasteiger partial charge in [0.05, 0.1) is 18.8 Å². The Morgan fingerprint density at radius 1 is 1.03 bits per heavy atom. The molecule has 1 amide bonds. The summed E-state index contributed by atoms with van der Waals surface area (Å²) >= 11 is 0. The molecule has 188 valence electrons. The van der Waals surface area contributed by atoms with Gasteiger partial charge in [-0.05, 0) is 94.1 Å². The molecule has 6 nitrogen and oxygen atoms in total. The molecule has 2 aromatic carbocycles. The molecule has 3 heterocycles. The predicted molar refractivity (Wildman–Crippen MR) is 136 cm³/mol. The van der Waals surface area contributed by atoms with Crippen LogP contribution in [0.2, 0.25) is 0 Å². The quantitative estimate of drug-likeness (QED) is 0.546. The third-order valence-corrected chi connectivity index (χ3v) is 7.81. The van der Waals surface area contributed by atoms with Crippen LogP contribution < -0.4 is 14.5 Å². The number of amides is 1. The van der Waals surface area contributed by atoms with E-state index in [0.29, 0.717) is 12.6 Å². The molecule has 1 spiro atoms. The second kappa shape index (κ2) is 10.5. The summed E-state index contributed by atoms with van der Waals surface area (Å²) in [6, 6.07) is 15.2. The number of likely N-dealkylation sites (tertiary alicyclic amines) is 1. The zero-order valence-corrected chi connectivity index (χ0v) is 20.6. The van der Waals surface area contributed by atoms with Crippen molar-refractivity contribution in [1.29, 1.82) is 0 Å². The first-order valence-corrected chi connectivity index (χ1v) is 12.9. The smallest absolute Gasteiger partial charge is 0.253 e. The normalized spacial score (nSPS) is 22.7. The predicted octanol–water partition coefficient (Wildman–Crippen LogP) is 4.48. The molecule has 0 aliphatic carbocycles. The van der Waals surface area contributed by atoms with Crippen molar-refractivity contribution in [1.82, 2.24) is 4.90 Å². The van der Waals surface area contributed by atoms with Gasteiger partial charge in [0.25, 0.3) is 5.91 Å². The Morgan fingerprint density at radius 2 is 1.74 bits per heavy atom. The molecule has 2 aromatic rings. The van der Waals surface area contributed by atoms with Crippen LogP contribution in [0.25, 0.3) is 0 Å². The Kier molecular flexibility index (Phi) is 7.25. The van der Waals surface area contributed by atoms with Gasteiger partial charge in [-0.2, -0.15) is 0 Å². The molecule has 0 bridgehead atoms. The maximum absolute atomic E-state index is 13.3. The summed E-state index contributed by atoms with van der Waals surface area (Å²) in [5.74, 6) is 0.543. The largest absolute Gasteiger partial charge is 0.494 e. The van der Waals surface area contributed by atoms with Crippen LogP contribution in [0.4, 0.5) is 15.8 Å². The lowest BCUT2D eigenvalue weighted by molar-refractivity contribution is -0.141. The number of hydrogen-bond acceptors (Lipinski definition) is 5. The summed E-state index contributed by atoms with van der Waals surface area (Å²) in [6.45, 7) is 7.69. The highest BCUT2D eigenvalue weighted by atomic mass is 19.1. The lowest BCUT2D eigenvalue weighted by Crippen LogP contribution is -2.59. The van der Waals surface area contributed by atoms with E-state index in [4.69, 9.17) is 9.47 Å². The minimum atomic E-state index is -0.352. The molecule has 35 heavy (non-hydrogen) atoms. The number of nitrogens with zero attached hydrogens (tertiary/aromatic N) is 3. The SMILES string of the molecule is C[C@@H]1CCCN1CCCOc1ccc(N2CCC3(CC2)CN(c2ccc(F)cc2)C(=O)CO3)cc1. The van der Waals surface area contributed by atoms with Crippen molar-refractivity contribution in [3.63, 3.8) is 0 Å². The highest BCUT2D eigenvalue weighted by Gasteiger charge is 2.42. The van der Waals surface area contributed by atoms with Crippen molar-refractivity contribution in [2.24, 2.45) is 0 Å². The fourth-order valence-electron chi connectivity index (χ4n) is 5.58. The number of hydrogen-bond donors (Lipinski definition) is 0. The standard InChI is InChI=1S/C28H36FN3O3/c1-22-4-2-15-30(22)16-3-19-34-26-11-9-24(10-12-26)31-17-13-28(14-18-31)21-32(27(33)20-35-28)25-7-5-23(29)6-8-25/h5-12,22H,2-4,13-21H2,1H3/t22-/m1/s1. The lowest BCUT2D eigenvalue weighted by atomic mass is 9.88. The molecule has 5 rings (SSSR count). The highest BCUT2D eigenvalue weighted by molar-refractivity contribution is 5.95. The van der Waals surface area contributed by atoms with Crippen molar-refractivity contribution in [2.45, 2.75) is 50.7 Å². The molecule has 0 saturated carbocycles. The van der Waals surface area contributed by atoms with Gasteiger partial charge < -0.3 is 24.2 Å². The maximum atomic E-state index is 13.3. The van der Waals surface area contributed by atoms with Gasteiger partial charge in [0.1, 0.15) is 18.2 Å². The molecule has 3 fully saturated rings. The Hall–Kier alpha value is -2.64. The highest BCUT2D eigenvalue weighted by Crippen LogP contribution is 2.34. The second-order valence-corrected chi connectivity index (χ2v) is 10.1. The summed E-state index contributed by atoms with van der Waals surface area (Å²) in [7, 11) is 0. The van der Waals surface area contributed by atoms with Gasteiger partial charge in [-0.1, -0.05) is 0 Å². The Labute approximate surface area is 207 Å². The number of anilines is 2. The molecule has 1 atom stereocenters. The zero-order chi connectivity index (χ0) is 24.3. The number of ether oxygens (including phenoxy) is 2. The number of carbonyl (C=O) groups excluding carboxylic acids is 1. The number of rotatable bonds is 7. The Bertz CT molecular complexity index is 990. The fourth-order valence-corrected chi connectivity index (χ4v) is 5.58. The van der Waals surface area contributed by atoms with Crippen LogP contribution in [0.1, 0.15) is 39.0 Å². The second-order valence-electron chi connectivity index (χ2n) is 10.1. The van der Waals surface area contributed by atoms with Crippen LogP contribution in [0.15, 0.2) is 48.5 Å². The summed E-state index contributed by atoms with van der Waals surface area (Å²) in [5.41, 5.74) is 1.56. The van der Waals surface area contributed by atoms with E-state index in [0.717, 1.165) is 56.9 Å². The van der Waals surface area contributed by atoms with Crippen LogP contribution >= 0.6 is 0 Å². The van der Waals surface area contributed by atoms with Crippen molar-refractivity contribution in [3.05, 3.63) is 54.3 Å². The van der Waals surface area contributed by atoms with Gasteiger partial charge in [-0.3, -0.25) is 4.79 Å². The zero-order valence-electron chi connectivity index (χ0n) is 20.6. The molecule has 0 unspecified atom stereocenters. The average Bonchev–Trinajstić information content (AvgIpc) is 3.29. The molecule has 7 heteroatoms. The monoisotopic (exact) mass is 481 g/mol. The Morgan fingerprint density at radius 3 is 2.43 bits per heavy atom. The van der Waals surface area contributed by atoms with Gasteiger partial charge >= 0.3 is 0 Å². The average molecular weight is 482 g/mol. The first-order valence-electron chi connectivity index (χ1n) is 12.9. The molecule has 0 radical (unpaired) electrons. The third-order valence-electron chi connectivity index (χ3n) is 7.81. The van der Waals surface area contributed by atoms with Crippen molar-refractivity contribution < 1.29 is 18.7 Å². The molecule has 3 aliphatic rings. The number of piperidine rings is 1. The van der Waals surface area contributed by atoms with Gasteiger partial charge in [0.15, 0.2) is 0 Å². The fraction of sp³-hybridized carbons (Fsp3) is 0.536. The van der Waals surface area contributed by atoms with Gasteiger partial charge in [0.2, 0.25) is 0 Å². The van der Waals surface area contributed by atoms with E-state index in [1.807, 2.05) is 0 Å². The summed E-state index contributed by atoms with van der Waals surface area (Å²) in [6.07, 6.45) is 5.36. The summed E-state index contributed by atoms with van der Waals surface area (Å²) in [4.78, 5) is 19.1. The van der Waals surface area contributed by atoms with Crippen LogP contribution in [0, 0.1) is 5.82 Å². The molecular weight excluding hydrogens is 445 g/mol. The van der Waals surface area contributed by atoms with E-state index in [1.165, 1.54) is 37.2 Å². The van der Waals surface area contributed by atoms with E-state index in [-0.39, 0.29) is 23.9 Å². The molecule has 3 aliphatic heterocycles. The number of morpholine rings is 1. The van der Waals surface area contributed by atoms with E-state index in [9.17, 15) is 9.18 Å². The first-order chi connectivity index (χ1) is 17.0. The number of benzene rings is 2. The molecule has 0 N–H and O–H groups in total. The van der Waals surface area contributed by atoms with Gasteiger partial charge in [-0.25, -0.2) is 4.39 Å². The molecule has 0 aromatic heterocycles. The van der Waals surface area contributed by atoms with E-state index >= 15 is 0 Å². The molecular formula is C28H36FN3O3. The van der Waals surface area contributed by atoms with Crippen LogP contribution in [-0.2, 0) is 9.53 Å². The Balaban J connectivity index is 1.11. The van der Waals surface area contributed by atoms with Crippen molar-refractivity contribution >= 4 is 17.3 Å². The van der Waals surface area contributed by atoms with Crippen LogP contribution in [-0.4, -0.2) is 68.4 Å². The summed E-state index contributed by atoms with van der Waals surface area (Å²) in [5, 5.41) is 0. The number of carbonyl (C=O) groups is 1. The maximum Gasteiger partial charge on any atom is 0.253 e. The van der Waals surface area contributed by atoms with Crippen LogP contribution in [0.3, 0.4) is 0 Å². The third kappa shape index (κ3) is 5.62. The summed E-state index contributed by atoms with van der Waals surface area (Å²) < 4.78 is 25.4. The topological polar surface area (TPSA) is 45.2 Å². The van der Waals surface area contributed by atoms with Crippen LogP contribution in [0.5, 0.6) is 5.75 Å². The van der Waals surface area contributed by atoms with E-state index in [2.05, 4.69) is 41.0 Å². The van der Waals surface area contributed by atoms with Crippen molar-refractivity contribution in [2.75, 3.05) is 55.7 Å². The van der Waals surface area contributed by atoms with Crippen molar-refractivity contribution in [3.8, 4) is 5.75 Å². The minimum Gasteiger partial charge on any atom is -0.494 e. The van der Waals surface area contributed by atoms with Gasteiger partial charge in [-0.15, -0.1) is 0 Å². The van der Waals surface area contributed by atoms with E-state index < -0.39 is 0 Å². The minimum absolute atomic E-state index is 0.0695. The van der Waals surface area contributed by atoms with E-state index in [1.54, 1.807) is 17.0 Å². The first kappa shape index (κ1) is 24.1. The number of halogens is 1. The van der Waals surface area contributed by atoms with Gasteiger partial charge in [0, 0.05) is 37.1 Å². The lowest BCUT2D eigenvalue weighted by Gasteiger charge is -2.47. The molecule has 3 saturated heterocycles.